The van der Waals surface area contributed by atoms with Crippen molar-refractivity contribution in [1.29, 1.82) is 0 Å². The lowest BCUT2D eigenvalue weighted by molar-refractivity contribution is -0.384. The quantitative estimate of drug-likeness (QED) is 0.415. The van der Waals surface area contributed by atoms with Gasteiger partial charge in [0.1, 0.15) is 5.82 Å². The summed E-state index contributed by atoms with van der Waals surface area (Å²) in [7, 11) is -3.24. The first-order valence-electron chi connectivity index (χ1n) is 7.18. The SMILES string of the molecule is O=[N+]([O-])c1ccc(P(=O)(c2ccccc2)c2ccc(F)cc2)cc1. The zero-order chi connectivity index (χ0) is 17.2. The summed E-state index contributed by atoms with van der Waals surface area (Å²) in [6.07, 6.45) is 0. The van der Waals surface area contributed by atoms with E-state index < -0.39 is 17.9 Å². The number of benzene rings is 3. The zero-order valence-corrected chi connectivity index (χ0v) is 13.4. The van der Waals surface area contributed by atoms with Gasteiger partial charge in [0.05, 0.1) is 4.92 Å². The second-order valence-corrected chi connectivity index (χ2v) is 7.96. The highest BCUT2D eigenvalue weighted by molar-refractivity contribution is 7.85. The molecule has 0 aliphatic carbocycles. The molecule has 1 unspecified atom stereocenters. The standard InChI is InChI=1S/C18H13FNO3P/c19-14-6-10-17(11-7-14)24(23,16-4-2-1-3-5-16)18-12-8-15(9-13-18)20(21)22/h1-13H. The van der Waals surface area contributed by atoms with Crippen LogP contribution in [0.4, 0.5) is 10.1 Å². The van der Waals surface area contributed by atoms with Gasteiger partial charge in [-0.05, 0) is 36.4 Å². The van der Waals surface area contributed by atoms with Crippen LogP contribution in [0.5, 0.6) is 0 Å². The molecule has 0 spiro atoms. The molecule has 0 fully saturated rings. The van der Waals surface area contributed by atoms with Crippen LogP contribution in [0.2, 0.25) is 0 Å². The predicted octanol–water partition coefficient (Wildman–Crippen LogP) is 3.37. The Balaban J connectivity index is 2.21. The first-order chi connectivity index (χ1) is 11.5. The normalized spacial score (nSPS) is 13.2. The Bertz CT molecular complexity index is 909. The molecule has 3 aromatic rings. The molecule has 0 amide bonds. The van der Waals surface area contributed by atoms with Crippen molar-refractivity contribution in [3.05, 3.63) is 94.8 Å². The van der Waals surface area contributed by atoms with Crippen molar-refractivity contribution in [3.8, 4) is 0 Å². The van der Waals surface area contributed by atoms with Crippen LogP contribution in [0.25, 0.3) is 0 Å². The fourth-order valence-electron chi connectivity index (χ4n) is 2.52. The van der Waals surface area contributed by atoms with Gasteiger partial charge in [0.15, 0.2) is 7.14 Å². The van der Waals surface area contributed by atoms with Crippen molar-refractivity contribution in [2.24, 2.45) is 0 Å². The third kappa shape index (κ3) is 2.86. The molecular weight excluding hydrogens is 328 g/mol. The van der Waals surface area contributed by atoms with Crippen LogP contribution in [0, 0.1) is 15.9 Å². The summed E-state index contributed by atoms with van der Waals surface area (Å²) in [6, 6.07) is 20.0. The van der Waals surface area contributed by atoms with Crippen molar-refractivity contribution in [2.45, 2.75) is 0 Å². The Hall–Kier alpha value is -2.78. The van der Waals surface area contributed by atoms with Crippen molar-refractivity contribution in [1.82, 2.24) is 0 Å². The summed E-state index contributed by atoms with van der Waals surface area (Å²) in [6.45, 7) is 0. The van der Waals surface area contributed by atoms with E-state index in [4.69, 9.17) is 0 Å². The number of nitrogens with zero attached hydrogens (tertiary/aromatic N) is 1. The molecule has 0 N–H and O–H groups in total. The molecule has 24 heavy (non-hydrogen) atoms. The minimum atomic E-state index is -3.24. The Labute approximate surface area is 138 Å². The third-order valence-corrected chi connectivity index (χ3v) is 6.81. The largest absolute Gasteiger partial charge is 0.309 e. The van der Waals surface area contributed by atoms with E-state index in [1.54, 1.807) is 24.3 Å². The van der Waals surface area contributed by atoms with E-state index in [-0.39, 0.29) is 5.69 Å². The summed E-state index contributed by atoms with van der Waals surface area (Å²) in [4.78, 5) is 10.3. The van der Waals surface area contributed by atoms with Gasteiger partial charge in [0, 0.05) is 28.0 Å². The molecule has 3 aromatic carbocycles. The van der Waals surface area contributed by atoms with Crippen LogP contribution < -0.4 is 15.9 Å². The van der Waals surface area contributed by atoms with E-state index in [2.05, 4.69) is 0 Å². The number of halogens is 1. The van der Waals surface area contributed by atoms with Crippen LogP contribution in [-0.4, -0.2) is 4.92 Å². The molecule has 0 aliphatic rings. The van der Waals surface area contributed by atoms with Crippen LogP contribution in [0.3, 0.4) is 0 Å². The molecule has 0 radical (unpaired) electrons. The van der Waals surface area contributed by atoms with Crippen LogP contribution in [0.1, 0.15) is 0 Å². The smallest absolute Gasteiger partial charge is 0.269 e. The molecule has 0 aliphatic heterocycles. The molecule has 3 rings (SSSR count). The maximum atomic E-state index is 13.9. The number of hydrogen-bond donors (Lipinski definition) is 0. The summed E-state index contributed by atoms with van der Waals surface area (Å²) in [5.41, 5.74) is -0.0718. The fourth-order valence-corrected chi connectivity index (χ4v) is 5.14. The van der Waals surface area contributed by atoms with Gasteiger partial charge in [0.2, 0.25) is 0 Å². The van der Waals surface area contributed by atoms with Crippen LogP contribution >= 0.6 is 7.14 Å². The molecule has 6 heteroatoms. The second-order valence-electron chi connectivity index (χ2n) is 5.19. The summed E-state index contributed by atoms with van der Waals surface area (Å²) in [5.74, 6) is -0.415. The predicted molar refractivity (Wildman–Crippen MR) is 92.4 cm³/mol. The molecular formula is C18H13FNO3P. The third-order valence-electron chi connectivity index (χ3n) is 3.73. The Morgan fingerprint density at radius 2 is 1.21 bits per heavy atom. The van der Waals surface area contributed by atoms with Gasteiger partial charge in [-0.2, -0.15) is 0 Å². The molecule has 0 heterocycles. The number of rotatable bonds is 4. The average molecular weight is 341 g/mol. The van der Waals surface area contributed by atoms with E-state index in [0.717, 1.165) is 0 Å². The lowest BCUT2D eigenvalue weighted by Crippen LogP contribution is -2.25. The molecule has 0 saturated heterocycles. The highest BCUT2D eigenvalue weighted by atomic mass is 31.2. The second kappa shape index (κ2) is 6.38. The van der Waals surface area contributed by atoms with Crippen molar-refractivity contribution < 1.29 is 13.9 Å². The average Bonchev–Trinajstić information content (AvgIpc) is 2.62. The Kier molecular flexibility index (Phi) is 4.28. The van der Waals surface area contributed by atoms with Crippen molar-refractivity contribution >= 4 is 28.7 Å². The molecule has 0 bridgehead atoms. The number of nitro groups is 1. The first-order valence-corrected chi connectivity index (χ1v) is 8.89. The monoisotopic (exact) mass is 341 g/mol. The van der Waals surface area contributed by atoms with Crippen molar-refractivity contribution in [3.63, 3.8) is 0 Å². The lowest BCUT2D eigenvalue weighted by Gasteiger charge is -2.19. The minimum Gasteiger partial charge on any atom is -0.309 e. The summed E-state index contributed by atoms with van der Waals surface area (Å²) >= 11 is 0. The van der Waals surface area contributed by atoms with Crippen LogP contribution in [-0.2, 0) is 4.57 Å². The number of non-ortho nitro benzene ring substituents is 1. The molecule has 120 valence electrons. The van der Waals surface area contributed by atoms with E-state index in [1.807, 2.05) is 6.07 Å². The molecule has 0 aromatic heterocycles. The molecule has 4 nitrogen and oxygen atoms in total. The summed E-state index contributed by atoms with van der Waals surface area (Å²) in [5, 5.41) is 12.4. The van der Waals surface area contributed by atoms with Gasteiger partial charge >= 0.3 is 0 Å². The highest BCUT2D eigenvalue weighted by Crippen LogP contribution is 2.42. The highest BCUT2D eigenvalue weighted by Gasteiger charge is 2.30. The molecule has 0 saturated carbocycles. The zero-order valence-electron chi connectivity index (χ0n) is 12.5. The molecule has 1 atom stereocenters. The van der Waals surface area contributed by atoms with E-state index in [1.165, 1.54) is 48.5 Å². The van der Waals surface area contributed by atoms with Gasteiger partial charge in [-0.25, -0.2) is 4.39 Å². The van der Waals surface area contributed by atoms with Crippen molar-refractivity contribution in [2.75, 3.05) is 0 Å². The van der Waals surface area contributed by atoms with Gasteiger partial charge < -0.3 is 4.57 Å². The minimum absolute atomic E-state index is 0.0718. The van der Waals surface area contributed by atoms with Gasteiger partial charge in [0.25, 0.3) is 5.69 Å². The van der Waals surface area contributed by atoms with E-state index in [9.17, 15) is 19.1 Å². The maximum Gasteiger partial charge on any atom is 0.269 e. The fraction of sp³-hybridized carbons (Fsp3) is 0. The van der Waals surface area contributed by atoms with Gasteiger partial charge in [-0.3, -0.25) is 10.1 Å². The first kappa shape index (κ1) is 16.1. The van der Waals surface area contributed by atoms with Crippen LogP contribution in [0.15, 0.2) is 78.9 Å². The number of hydrogen-bond acceptors (Lipinski definition) is 3. The Morgan fingerprint density at radius 1 is 0.750 bits per heavy atom. The van der Waals surface area contributed by atoms with Gasteiger partial charge in [-0.1, -0.05) is 30.3 Å². The lowest BCUT2D eigenvalue weighted by atomic mass is 10.3. The van der Waals surface area contributed by atoms with E-state index >= 15 is 0 Å². The summed E-state index contributed by atoms with van der Waals surface area (Å²) < 4.78 is 27.2. The Morgan fingerprint density at radius 3 is 1.71 bits per heavy atom. The number of nitro benzene ring substituents is 1. The van der Waals surface area contributed by atoms with E-state index in [0.29, 0.717) is 15.9 Å². The van der Waals surface area contributed by atoms with Gasteiger partial charge in [-0.15, -0.1) is 0 Å². The topological polar surface area (TPSA) is 60.2 Å². The maximum absolute atomic E-state index is 13.9.